The van der Waals surface area contributed by atoms with Crippen molar-refractivity contribution in [3.05, 3.63) is 59.7 Å². The molecule has 28 heavy (non-hydrogen) atoms. The summed E-state index contributed by atoms with van der Waals surface area (Å²) >= 11 is 0. The lowest BCUT2D eigenvalue weighted by Crippen LogP contribution is -2.40. The van der Waals surface area contributed by atoms with E-state index in [9.17, 15) is 13.2 Å². The number of sulfonamides is 1. The van der Waals surface area contributed by atoms with E-state index in [0.717, 1.165) is 5.56 Å². The molecule has 0 saturated carbocycles. The third-order valence-corrected chi connectivity index (χ3v) is 6.18. The van der Waals surface area contributed by atoms with Crippen molar-refractivity contribution in [3.63, 3.8) is 0 Å². The molecule has 0 unspecified atom stereocenters. The Kier molecular flexibility index (Phi) is 6.63. The van der Waals surface area contributed by atoms with E-state index in [0.29, 0.717) is 13.2 Å². The molecular weight excluding hydrogens is 384 g/mol. The molecule has 2 aromatic carbocycles. The number of rotatable bonds is 7. The first kappa shape index (κ1) is 20.3. The van der Waals surface area contributed by atoms with Crippen molar-refractivity contribution in [2.24, 2.45) is 0 Å². The number of methoxy groups -OCH3 is 1. The number of morpholine rings is 1. The molecule has 0 bridgehead atoms. The van der Waals surface area contributed by atoms with Crippen LogP contribution in [-0.4, -0.2) is 52.0 Å². The van der Waals surface area contributed by atoms with Gasteiger partial charge in [-0.05, 0) is 23.8 Å². The Morgan fingerprint density at radius 1 is 1.14 bits per heavy atom. The quantitative estimate of drug-likeness (QED) is 0.702. The van der Waals surface area contributed by atoms with E-state index in [4.69, 9.17) is 14.3 Å². The van der Waals surface area contributed by atoms with Gasteiger partial charge >= 0.3 is 0 Å². The van der Waals surface area contributed by atoms with Crippen LogP contribution in [0.4, 0.5) is 0 Å². The molecule has 150 valence electrons. The topological polar surface area (TPSA) is 94.2 Å². The normalized spacial score (nSPS) is 15.2. The number of hydrogen-bond acceptors (Lipinski definition) is 6. The van der Waals surface area contributed by atoms with Gasteiger partial charge in [0.1, 0.15) is 10.6 Å². The van der Waals surface area contributed by atoms with E-state index in [-0.39, 0.29) is 35.9 Å². The summed E-state index contributed by atoms with van der Waals surface area (Å²) in [7, 11) is -2.43. The van der Waals surface area contributed by atoms with Crippen molar-refractivity contribution >= 4 is 15.9 Å². The van der Waals surface area contributed by atoms with E-state index in [1.165, 1.54) is 29.6 Å². The van der Waals surface area contributed by atoms with Crippen LogP contribution in [0.2, 0.25) is 0 Å². The number of hydroxylamine groups is 1. The number of amides is 1. The van der Waals surface area contributed by atoms with E-state index in [1.807, 2.05) is 30.3 Å². The SMILES string of the molecule is COc1ccc(C(=O)NOCc2ccccc2)cc1S(=O)(=O)N1CCOCC1. The maximum absolute atomic E-state index is 13.0. The lowest BCUT2D eigenvalue weighted by molar-refractivity contribution is 0.0233. The first-order valence-electron chi connectivity index (χ1n) is 8.74. The van der Waals surface area contributed by atoms with Gasteiger partial charge in [0.15, 0.2) is 0 Å². The summed E-state index contributed by atoms with van der Waals surface area (Å²) < 4.78 is 37.7. The van der Waals surface area contributed by atoms with Crippen molar-refractivity contribution in [1.29, 1.82) is 0 Å². The molecule has 1 amide bonds. The van der Waals surface area contributed by atoms with Crippen LogP contribution in [0.5, 0.6) is 5.75 Å². The minimum absolute atomic E-state index is 0.0624. The van der Waals surface area contributed by atoms with E-state index < -0.39 is 15.9 Å². The summed E-state index contributed by atoms with van der Waals surface area (Å²) in [5, 5.41) is 0. The number of nitrogens with zero attached hydrogens (tertiary/aromatic N) is 1. The van der Waals surface area contributed by atoms with Crippen LogP contribution in [0.3, 0.4) is 0 Å². The number of hydrogen-bond donors (Lipinski definition) is 1. The molecule has 0 aromatic heterocycles. The fourth-order valence-electron chi connectivity index (χ4n) is 2.76. The van der Waals surface area contributed by atoms with Crippen LogP contribution < -0.4 is 10.2 Å². The van der Waals surface area contributed by atoms with Crippen molar-refractivity contribution < 1.29 is 27.5 Å². The molecule has 1 N–H and O–H groups in total. The Morgan fingerprint density at radius 3 is 2.54 bits per heavy atom. The van der Waals surface area contributed by atoms with Gasteiger partial charge in [-0.3, -0.25) is 9.63 Å². The zero-order valence-corrected chi connectivity index (χ0v) is 16.3. The van der Waals surface area contributed by atoms with Gasteiger partial charge in [-0.1, -0.05) is 30.3 Å². The number of benzene rings is 2. The lowest BCUT2D eigenvalue weighted by atomic mass is 10.2. The van der Waals surface area contributed by atoms with Crippen molar-refractivity contribution in [1.82, 2.24) is 9.79 Å². The van der Waals surface area contributed by atoms with E-state index >= 15 is 0 Å². The third-order valence-electron chi connectivity index (χ3n) is 4.26. The molecule has 1 heterocycles. The molecule has 0 radical (unpaired) electrons. The number of carbonyl (C=O) groups excluding carboxylic acids is 1. The van der Waals surface area contributed by atoms with Crippen molar-refractivity contribution in [2.75, 3.05) is 33.4 Å². The van der Waals surface area contributed by atoms with Gasteiger partial charge < -0.3 is 9.47 Å². The fraction of sp³-hybridized carbons (Fsp3) is 0.316. The van der Waals surface area contributed by atoms with Gasteiger partial charge in [0.2, 0.25) is 10.0 Å². The van der Waals surface area contributed by atoms with Crippen molar-refractivity contribution in [3.8, 4) is 5.75 Å². The summed E-state index contributed by atoms with van der Waals surface area (Å²) in [5.74, 6) is -0.370. The molecule has 2 aromatic rings. The van der Waals surface area contributed by atoms with Crippen LogP contribution in [0, 0.1) is 0 Å². The highest BCUT2D eigenvalue weighted by Gasteiger charge is 2.30. The molecule has 3 rings (SSSR count). The Balaban J connectivity index is 1.75. The Hall–Kier alpha value is -2.46. The number of nitrogens with one attached hydrogen (secondary N) is 1. The average Bonchev–Trinajstić information content (AvgIpc) is 2.74. The van der Waals surface area contributed by atoms with Crippen LogP contribution in [0.15, 0.2) is 53.4 Å². The first-order chi connectivity index (χ1) is 13.5. The molecule has 0 atom stereocenters. The standard InChI is InChI=1S/C19H22N2O6S/c1-25-17-8-7-16(19(22)20-27-14-15-5-3-2-4-6-15)13-18(17)28(23,24)21-9-11-26-12-10-21/h2-8,13H,9-12,14H2,1H3,(H,20,22). The number of ether oxygens (including phenoxy) is 2. The molecule has 1 fully saturated rings. The molecular formula is C19H22N2O6S. The molecule has 1 aliphatic heterocycles. The second-order valence-electron chi connectivity index (χ2n) is 6.09. The first-order valence-corrected chi connectivity index (χ1v) is 10.2. The highest BCUT2D eigenvalue weighted by atomic mass is 32.2. The molecule has 0 spiro atoms. The maximum atomic E-state index is 13.0. The summed E-state index contributed by atoms with van der Waals surface area (Å²) in [6, 6.07) is 13.6. The van der Waals surface area contributed by atoms with E-state index in [2.05, 4.69) is 5.48 Å². The van der Waals surface area contributed by atoms with Crippen LogP contribution in [0.1, 0.15) is 15.9 Å². The maximum Gasteiger partial charge on any atom is 0.274 e. The van der Waals surface area contributed by atoms with Gasteiger partial charge in [-0.25, -0.2) is 13.9 Å². The van der Waals surface area contributed by atoms with Gasteiger partial charge in [-0.2, -0.15) is 4.31 Å². The Labute approximate surface area is 164 Å². The van der Waals surface area contributed by atoms with Gasteiger partial charge in [0.25, 0.3) is 5.91 Å². The van der Waals surface area contributed by atoms with Crippen molar-refractivity contribution in [2.45, 2.75) is 11.5 Å². The summed E-state index contributed by atoms with van der Waals surface area (Å²) in [4.78, 5) is 17.5. The zero-order chi connectivity index (χ0) is 20.0. The number of carbonyl (C=O) groups is 1. The predicted octanol–water partition coefficient (Wildman–Crippen LogP) is 1.58. The molecule has 1 aliphatic rings. The highest BCUT2D eigenvalue weighted by Crippen LogP contribution is 2.28. The smallest absolute Gasteiger partial charge is 0.274 e. The van der Waals surface area contributed by atoms with E-state index in [1.54, 1.807) is 0 Å². The predicted molar refractivity (Wildman–Crippen MR) is 101 cm³/mol. The molecule has 1 saturated heterocycles. The largest absolute Gasteiger partial charge is 0.495 e. The molecule has 9 heteroatoms. The highest BCUT2D eigenvalue weighted by molar-refractivity contribution is 7.89. The summed E-state index contributed by atoms with van der Waals surface area (Å²) in [6.45, 7) is 1.36. The van der Waals surface area contributed by atoms with Crippen LogP contribution in [0.25, 0.3) is 0 Å². The summed E-state index contributed by atoms with van der Waals surface area (Å²) in [5.41, 5.74) is 3.38. The second kappa shape index (κ2) is 9.16. The average molecular weight is 406 g/mol. The Bertz CT molecular complexity index is 911. The van der Waals surface area contributed by atoms with Crippen LogP contribution >= 0.6 is 0 Å². The fourth-order valence-corrected chi connectivity index (χ4v) is 4.35. The lowest BCUT2D eigenvalue weighted by Gasteiger charge is -2.26. The minimum atomic E-state index is -3.82. The van der Waals surface area contributed by atoms with Gasteiger partial charge in [0, 0.05) is 18.7 Å². The second-order valence-corrected chi connectivity index (χ2v) is 7.99. The van der Waals surface area contributed by atoms with Gasteiger partial charge in [0.05, 0.1) is 26.9 Å². The summed E-state index contributed by atoms with van der Waals surface area (Å²) in [6.07, 6.45) is 0. The molecule has 8 nitrogen and oxygen atoms in total. The zero-order valence-electron chi connectivity index (χ0n) is 15.5. The third kappa shape index (κ3) is 4.68. The van der Waals surface area contributed by atoms with Gasteiger partial charge in [-0.15, -0.1) is 0 Å². The minimum Gasteiger partial charge on any atom is -0.495 e. The Morgan fingerprint density at radius 2 is 1.86 bits per heavy atom. The van der Waals surface area contributed by atoms with Crippen LogP contribution in [-0.2, 0) is 26.2 Å². The monoisotopic (exact) mass is 406 g/mol. The molecule has 0 aliphatic carbocycles.